The summed E-state index contributed by atoms with van der Waals surface area (Å²) in [5, 5.41) is 2.89. The third-order valence-electron chi connectivity index (χ3n) is 4.44. The molecule has 134 valence electrons. The standard InChI is InChI=1S/C20H27N3O2/c1-7-23(12(2)3)17-10-8-16(9-11-17)22-20(25)19-13(4)18(15(6)24)14(5)21-19/h8-12,21H,7H2,1-6H3,(H,22,25). The highest BCUT2D eigenvalue weighted by Crippen LogP contribution is 2.22. The van der Waals surface area contributed by atoms with Crippen molar-refractivity contribution in [2.75, 3.05) is 16.8 Å². The van der Waals surface area contributed by atoms with E-state index in [1.807, 2.05) is 24.3 Å². The summed E-state index contributed by atoms with van der Waals surface area (Å²) in [4.78, 5) is 29.6. The zero-order valence-corrected chi connectivity index (χ0v) is 15.9. The summed E-state index contributed by atoms with van der Waals surface area (Å²) in [5.41, 5.74) is 4.29. The van der Waals surface area contributed by atoms with Gasteiger partial charge in [-0.1, -0.05) is 0 Å². The molecule has 0 saturated heterocycles. The summed E-state index contributed by atoms with van der Waals surface area (Å²) in [6, 6.07) is 8.23. The fourth-order valence-electron chi connectivity index (χ4n) is 3.28. The van der Waals surface area contributed by atoms with Gasteiger partial charge in [-0.15, -0.1) is 0 Å². The van der Waals surface area contributed by atoms with Gasteiger partial charge in [0, 0.05) is 35.2 Å². The van der Waals surface area contributed by atoms with Crippen LogP contribution in [0.15, 0.2) is 24.3 Å². The average molecular weight is 341 g/mol. The van der Waals surface area contributed by atoms with Gasteiger partial charge in [0.25, 0.3) is 5.91 Å². The number of nitrogens with zero attached hydrogens (tertiary/aromatic N) is 1. The van der Waals surface area contributed by atoms with E-state index in [4.69, 9.17) is 0 Å². The molecule has 5 nitrogen and oxygen atoms in total. The first kappa shape index (κ1) is 18.8. The lowest BCUT2D eigenvalue weighted by Crippen LogP contribution is -2.30. The number of carbonyl (C=O) groups is 2. The number of hydrogen-bond acceptors (Lipinski definition) is 3. The number of rotatable bonds is 6. The van der Waals surface area contributed by atoms with Crippen molar-refractivity contribution >= 4 is 23.1 Å². The lowest BCUT2D eigenvalue weighted by molar-refractivity contribution is 0.101. The lowest BCUT2D eigenvalue weighted by atomic mass is 10.1. The molecular weight excluding hydrogens is 314 g/mol. The second-order valence-electron chi connectivity index (χ2n) is 6.56. The highest BCUT2D eigenvalue weighted by atomic mass is 16.2. The van der Waals surface area contributed by atoms with Gasteiger partial charge in [0.15, 0.2) is 5.78 Å². The van der Waals surface area contributed by atoms with Crippen molar-refractivity contribution in [1.29, 1.82) is 0 Å². The molecule has 0 aliphatic carbocycles. The molecular formula is C20H27N3O2. The van der Waals surface area contributed by atoms with Gasteiger partial charge < -0.3 is 15.2 Å². The summed E-state index contributed by atoms with van der Waals surface area (Å²) in [7, 11) is 0. The smallest absolute Gasteiger partial charge is 0.272 e. The number of nitrogens with one attached hydrogen (secondary N) is 2. The van der Waals surface area contributed by atoms with Gasteiger partial charge >= 0.3 is 0 Å². The van der Waals surface area contributed by atoms with E-state index in [1.165, 1.54) is 6.92 Å². The van der Waals surface area contributed by atoms with Crippen molar-refractivity contribution in [3.05, 3.63) is 46.8 Å². The van der Waals surface area contributed by atoms with Crippen molar-refractivity contribution in [1.82, 2.24) is 4.98 Å². The second kappa shape index (κ2) is 7.55. The summed E-state index contributed by atoms with van der Waals surface area (Å²) in [5.74, 6) is -0.278. The van der Waals surface area contributed by atoms with Crippen LogP contribution in [-0.4, -0.2) is 29.3 Å². The normalized spacial score (nSPS) is 10.8. The molecule has 0 atom stereocenters. The van der Waals surface area contributed by atoms with E-state index >= 15 is 0 Å². The first-order valence-electron chi connectivity index (χ1n) is 8.64. The van der Waals surface area contributed by atoms with Crippen LogP contribution in [0.5, 0.6) is 0 Å². The van der Waals surface area contributed by atoms with E-state index in [0.29, 0.717) is 22.9 Å². The van der Waals surface area contributed by atoms with Gasteiger partial charge in [-0.25, -0.2) is 0 Å². The summed E-state index contributed by atoms with van der Waals surface area (Å²) >= 11 is 0. The molecule has 2 aromatic rings. The Morgan fingerprint density at radius 1 is 1.16 bits per heavy atom. The predicted molar refractivity (Wildman–Crippen MR) is 103 cm³/mol. The molecule has 5 heteroatoms. The maximum atomic E-state index is 12.5. The number of H-pyrrole nitrogens is 1. The average Bonchev–Trinajstić information content (AvgIpc) is 2.84. The van der Waals surface area contributed by atoms with Crippen LogP contribution in [0, 0.1) is 13.8 Å². The number of hydrogen-bond donors (Lipinski definition) is 2. The van der Waals surface area contributed by atoms with Gasteiger partial charge in [-0.2, -0.15) is 0 Å². The van der Waals surface area contributed by atoms with Crippen LogP contribution >= 0.6 is 0 Å². The molecule has 0 aliphatic rings. The maximum absolute atomic E-state index is 12.5. The van der Waals surface area contributed by atoms with Crippen molar-refractivity contribution in [2.24, 2.45) is 0 Å². The van der Waals surface area contributed by atoms with Crippen LogP contribution in [-0.2, 0) is 0 Å². The van der Waals surface area contributed by atoms with E-state index in [-0.39, 0.29) is 11.7 Å². The highest BCUT2D eigenvalue weighted by Gasteiger charge is 2.20. The Hall–Kier alpha value is -2.56. The quantitative estimate of drug-likeness (QED) is 0.769. The zero-order chi connectivity index (χ0) is 18.7. The van der Waals surface area contributed by atoms with Crippen molar-refractivity contribution in [3.63, 3.8) is 0 Å². The minimum atomic E-state index is -0.239. The Bertz CT molecular complexity index is 773. The molecule has 0 radical (unpaired) electrons. The van der Waals surface area contributed by atoms with Crippen molar-refractivity contribution in [3.8, 4) is 0 Å². The molecule has 1 heterocycles. The number of amides is 1. The Kier molecular flexibility index (Phi) is 5.67. The fraction of sp³-hybridized carbons (Fsp3) is 0.400. The van der Waals surface area contributed by atoms with Crippen LogP contribution in [0.3, 0.4) is 0 Å². The summed E-state index contributed by atoms with van der Waals surface area (Å²) < 4.78 is 0. The first-order chi connectivity index (χ1) is 11.8. The number of ketones is 1. The molecule has 0 bridgehead atoms. The van der Waals surface area contributed by atoms with Crippen LogP contribution < -0.4 is 10.2 Å². The second-order valence-corrected chi connectivity index (χ2v) is 6.56. The maximum Gasteiger partial charge on any atom is 0.272 e. The minimum absolute atomic E-state index is 0.0389. The van der Waals surface area contributed by atoms with Gasteiger partial charge in [0.2, 0.25) is 0 Å². The van der Waals surface area contributed by atoms with Gasteiger partial charge in [0.05, 0.1) is 0 Å². The van der Waals surface area contributed by atoms with Crippen LogP contribution in [0.25, 0.3) is 0 Å². The SMILES string of the molecule is CCN(c1ccc(NC(=O)c2[nH]c(C)c(C(C)=O)c2C)cc1)C(C)C. The van der Waals surface area contributed by atoms with Gasteiger partial charge in [-0.05, 0) is 71.4 Å². The van der Waals surface area contributed by atoms with Gasteiger partial charge in [0.1, 0.15) is 5.69 Å². The van der Waals surface area contributed by atoms with Gasteiger partial charge in [-0.3, -0.25) is 9.59 Å². The number of Topliss-reactive ketones (excluding diaryl/α,β-unsaturated/α-hetero) is 1. The van der Waals surface area contributed by atoms with E-state index in [2.05, 4.69) is 36.0 Å². The number of aromatic nitrogens is 1. The Morgan fingerprint density at radius 2 is 1.76 bits per heavy atom. The number of aromatic amines is 1. The zero-order valence-electron chi connectivity index (χ0n) is 15.9. The fourth-order valence-corrected chi connectivity index (χ4v) is 3.28. The molecule has 1 amide bonds. The minimum Gasteiger partial charge on any atom is -0.369 e. The number of benzene rings is 1. The van der Waals surface area contributed by atoms with E-state index in [9.17, 15) is 9.59 Å². The predicted octanol–water partition coefficient (Wildman–Crippen LogP) is 4.32. The van der Waals surface area contributed by atoms with E-state index in [1.54, 1.807) is 13.8 Å². The third-order valence-corrected chi connectivity index (χ3v) is 4.44. The molecule has 2 N–H and O–H groups in total. The Balaban J connectivity index is 2.19. The highest BCUT2D eigenvalue weighted by molar-refractivity contribution is 6.07. The topological polar surface area (TPSA) is 65.2 Å². The van der Waals surface area contributed by atoms with Crippen molar-refractivity contribution < 1.29 is 9.59 Å². The van der Waals surface area contributed by atoms with Crippen molar-refractivity contribution in [2.45, 2.75) is 47.6 Å². The van der Waals surface area contributed by atoms with Crippen LogP contribution in [0.4, 0.5) is 11.4 Å². The molecule has 0 saturated carbocycles. The number of aryl methyl sites for hydroxylation is 1. The summed E-state index contributed by atoms with van der Waals surface area (Å²) in [6.07, 6.45) is 0. The molecule has 1 aromatic carbocycles. The first-order valence-corrected chi connectivity index (χ1v) is 8.64. The summed E-state index contributed by atoms with van der Waals surface area (Å²) in [6.45, 7) is 12.5. The monoisotopic (exact) mass is 341 g/mol. The Labute approximate surface area is 149 Å². The van der Waals surface area contributed by atoms with Crippen LogP contribution in [0.1, 0.15) is 59.8 Å². The van der Waals surface area contributed by atoms with E-state index in [0.717, 1.165) is 23.6 Å². The number of anilines is 2. The lowest BCUT2D eigenvalue weighted by Gasteiger charge is -2.27. The molecule has 0 spiro atoms. The molecule has 25 heavy (non-hydrogen) atoms. The molecule has 2 rings (SSSR count). The molecule has 0 fully saturated rings. The Morgan fingerprint density at radius 3 is 2.20 bits per heavy atom. The molecule has 0 unspecified atom stereocenters. The number of carbonyl (C=O) groups excluding carboxylic acids is 2. The molecule has 1 aromatic heterocycles. The largest absolute Gasteiger partial charge is 0.369 e. The van der Waals surface area contributed by atoms with Crippen LogP contribution in [0.2, 0.25) is 0 Å². The third kappa shape index (κ3) is 3.92. The molecule has 0 aliphatic heterocycles. The van der Waals surface area contributed by atoms with E-state index < -0.39 is 0 Å².